The molecule has 0 fully saturated rings. The van der Waals surface area contributed by atoms with E-state index < -0.39 is 11.7 Å². The highest BCUT2D eigenvalue weighted by molar-refractivity contribution is 6.02. The second-order valence-corrected chi connectivity index (χ2v) is 18.7. The second-order valence-electron chi connectivity index (χ2n) is 18.7. The van der Waals surface area contributed by atoms with Crippen molar-refractivity contribution in [1.29, 1.82) is 0 Å². The van der Waals surface area contributed by atoms with Gasteiger partial charge in [-0.05, 0) is 105 Å². The fraction of sp³-hybridized carbons (Fsp3) is 0.275. The third kappa shape index (κ3) is 7.93. The Hall–Kier alpha value is -6.02. The summed E-state index contributed by atoms with van der Waals surface area (Å²) in [5.74, 6) is 1.68. The summed E-state index contributed by atoms with van der Waals surface area (Å²) >= 11 is 0. The highest BCUT2D eigenvalue weighted by Crippen LogP contribution is 2.53. The molecule has 3 heterocycles. The topological polar surface area (TPSA) is 31.8 Å². The number of fused-ring (bicyclic) bond motifs is 5. The molecule has 0 N–H and O–H groups in total. The van der Waals surface area contributed by atoms with Gasteiger partial charge in [0, 0.05) is 53.2 Å². The van der Waals surface area contributed by atoms with Crippen molar-refractivity contribution in [3.05, 3.63) is 156 Å². The van der Waals surface area contributed by atoms with E-state index in [9.17, 15) is 13.2 Å². The summed E-state index contributed by atoms with van der Waals surface area (Å²) in [5.41, 5.74) is 9.07. The number of hydrogen-bond acceptors (Lipinski definition) is 5. The monoisotopic (exact) mass is 792 g/mol. The van der Waals surface area contributed by atoms with Crippen molar-refractivity contribution in [2.45, 2.75) is 84.7 Å². The molecule has 0 spiro atoms. The molecular weight excluding hydrogens is 742 g/mol. The smallest absolute Gasteiger partial charge is 0.416 e. The van der Waals surface area contributed by atoms with E-state index in [2.05, 4.69) is 109 Å². The Morgan fingerprint density at radius 3 is 1.68 bits per heavy atom. The number of nitrogens with zero attached hydrogens (tertiary/aromatic N) is 4. The van der Waals surface area contributed by atoms with Crippen LogP contribution in [0.4, 0.5) is 41.7 Å². The molecule has 2 aliphatic rings. The van der Waals surface area contributed by atoms with E-state index in [4.69, 9.17) is 9.72 Å². The van der Waals surface area contributed by atoms with Crippen LogP contribution < -0.4 is 19.4 Å². The Bertz CT molecular complexity index is 2560. The van der Waals surface area contributed by atoms with Crippen LogP contribution in [-0.4, -0.2) is 11.7 Å². The molecule has 0 saturated carbocycles. The molecule has 0 atom stereocenters. The van der Waals surface area contributed by atoms with Crippen molar-refractivity contribution in [3.8, 4) is 33.8 Å². The van der Waals surface area contributed by atoms with Gasteiger partial charge in [-0.15, -0.1) is 0 Å². The fourth-order valence-electron chi connectivity index (χ4n) is 7.70. The van der Waals surface area contributed by atoms with Crippen LogP contribution in [0.25, 0.3) is 22.3 Å². The van der Waals surface area contributed by atoms with Crippen LogP contribution in [0.3, 0.4) is 0 Å². The van der Waals surface area contributed by atoms with Crippen LogP contribution in [0.15, 0.2) is 134 Å². The molecular formula is C51H51F3N4O. The normalized spacial score (nSPS) is 14.2. The number of alkyl halides is 3. The summed E-state index contributed by atoms with van der Waals surface area (Å²) < 4.78 is 49.9. The summed E-state index contributed by atoms with van der Waals surface area (Å²) in [7, 11) is 0. The Morgan fingerprint density at radius 2 is 1.07 bits per heavy atom. The first kappa shape index (κ1) is 39.8. The lowest BCUT2D eigenvalue weighted by atomic mass is 9.80. The second kappa shape index (κ2) is 14.4. The molecule has 0 saturated heterocycles. The summed E-state index contributed by atoms with van der Waals surface area (Å²) in [6.07, 6.45) is 1.39. The molecule has 1 aromatic heterocycles. The first-order chi connectivity index (χ1) is 27.7. The number of aromatic nitrogens is 1. The molecule has 0 radical (unpaired) electrons. The minimum atomic E-state index is -4.54. The van der Waals surface area contributed by atoms with Crippen molar-refractivity contribution in [1.82, 2.24) is 4.98 Å². The average Bonchev–Trinajstić information content (AvgIpc) is 3.64. The lowest BCUT2D eigenvalue weighted by Gasteiger charge is -2.29. The van der Waals surface area contributed by atoms with Crippen molar-refractivity contribution < 1.29 is 17.9 Å². The van der Waals surface area contributed by atoms with E-state index in [-0.39, 0.29) is 16.2 Å². The quantitative estimate of drug-likeness (QED) is 0.173. The zero-order chi connectivity index (χ0) is 42.1. The number of hydrogen-bond donors (Lipinski definition) is 0. The van der Waals surface area contributed by atoms with Gasteiger partial charge in [-0.1, -0.05) is 105 Å². The standard InChI is InChI=1S/C51H51F3N4O/c1-48(2,3)33-21-22-55-47(29-33)58-45-28-34(51(52,53)54)17-19-43(45)41-15-10-11-16-42(41)44-20-18-40(31-46(44)58)59-39-14-12-13-37(30-39)56-23-24-57(32-56)38-26-35(49(4,5)6)25-36(27-38)50(7,8)9/h10-31H,32H2,1-9H3. The SMILES string of the molecule is CC(C)(C)c1cc(N2C=CN(c3cccc(Oc4ccc5c(c4)N(c4cc(C(C)(C)C)ccn4)c4cc(C(F)(F)F)ccc4-c4ccccc4-5)c3)C2)cc(C(C)(C)C)c1. The van der Waals surface area contributed by atoms with Crippen molar-refractivity contribution in [2.75, 3.05) is 21.4 Å². The van der Waals surface area contributed by atoms with Crippen LogP contribution >= 0.6 is 0 Å². The third-order valence-corrected chi connectivity index (χ3v) is 11.2. The first-order valence-corrected chi connectivity index (χ1v) is 20.1. The largest absolute Gasteiger partial charge is 0.457 e. The fourth-order valence-corrected chi connectivity index (χ4v) is 7.70. The highest BCUT2D eigenvalue weighted by atomic mass is 19.4. The van der Waals surface area contributed by atoms with Gasteiger partial charge in [-0.2, -0.15) is 13.2 Å². The van der Waals surface area contributed by atoms with Gasteiger partial charge in [0.15, 0.2) is 0 Å². The van der Waals surface area contributed by atoms with Crippen LogP contribution in [0.1, 0.15) is 84.6 Å². The van der Waals surface area contributed by atoms with Gasteiger partial charge in [0.2, 0.25) is 0 Å². The minimum absolute atomic E-state index is 0.00338. The summed E-state index contributed by atoms with van der Waals surface area (Å²) in [4.78, 5) is 11.1. The average molecular weight is 793 g/mol. The maximum atomic E-state index is 14.4. The molecule has 302 valence electrons. The Kier molecular flexibility index (Phi) is 9.69. The zero-order valence-electron chi connectivity index (χ0n) is 35.2. The molecule has 0 bridgehead atoms. The number of rotatable bonds is 5. The maximum Gasteiger partial charge on any atom is 0.416 e. The molecule has 0 unspecified atom stereocenters. The summed E-state index contributed by atoms with van der Waals surface area (Å²) in [5, 5.41) is 0. The third-order valence-electron chi connectivity index (χ3n) is 11.2. The molecule has 0 amide bonds. The van der Waals surface area contributed by atoms with E-state index in [0.29, 0.717) is 40.9 Å². The number of anilines is 5. The number of pyridine rings is 1. The first-order valence-electron chi connectivity index (χ1n) is 20.1. The lowest BCUT2D eigenvalue weighted by molar-refractivity contribution is -0.137. The van der Waals surface area contributed by atoms with E-state index in [1.54, 1.807) is 12.3 Å². The minimum Gasteiger partial charge on any atom is -0.457 e. The predicted octanol–water partition coefficient (Wildman–Crippen LogP) is 14.7. The molecule has 2 aliphatic heterocycles. The van der Waals surface area contributed by atoms with Crippen LogP contribution in [-0.2, 0) is 22.4 Å². The van der Waals surface area contributed by atoms with E-state index in [1.165, 1.54) is 17.2 Å². The Morgan fingerprint density at radius 1 is 0.492 bits per heavy atom. The van der Waals surface area contributed by atoms with Gasteiger partial charge in [0.25, 0.3) is 0 Å². The Balaban J connectivity index is 1.17. The summed E-state index contributed by atoms with van der Waals surface area (Å²) in [6, 6.07) is 36.4. The molecule has 5 nitrogen and oxygen atoms in total. The molecule has 6 aromatic rings. The van der Waals surface area contributed by atoms with Crippen LogP contribution in [0, 0.1) is 0 Å². The maximum absolute atomic E-state index is 14.4. The molecule has 59 heavy (non-hydrogen) atoms. The molecule has 8 heteroatoms. The van der Waals surface area contributed by atoms with Gasteiger partial charge >= 0.3 is 6.18 Å². The zero-order valence-corrected chi connectivity index (χ0v) is 35.2. The van der Waals surface area contributed by atoms with Gasteiger partial charge in [0.1, 0.15) is 17.3 Å². The van der Waals surface area contributed by atoms with Crippen LogP contribution in [0.2, 0.25) is 0 Å². The van der Waals surface area contributed by atoms with Crippen molar-refractivity contribution >= 4 is 28.6 Å². The van der Waals surface area contributed by atoms with Gasteiger partial charge in [-0.25, -0.2) is 4.98 Å². The lowest BCUT2D eigenvalue weighted by Crippen LogP contribution is -2.26. The van der Waals surface area contributed by atoms with E-state index in [1.807, 2.05) is 77.7 Å². The van der Waals surface area contributed by atoms with Gasteiger partial charge in [0.05, 0.1) is 23.6 Å². The van der Waals surface area contributed by atoms with E-state index in [0.717, 1.165) is 39.7 Å². The number of ether oxygens (including phenoxy) is 1. The van der Waals surface area contributed by atoms with Gasteiger partial charge < -0.3 is 14.5 Å². The molecule has 5 aromatic carbocycles. The van der Waals surface area contributed by atoms with Crippen molar-refractivity contribution in [3.63, 3.8) is 0 Å². The summed E-state index contributed by atoms with van der Waals surface area (Å²) in [6.45, 7) is 20.5. The van der Waals surface area contributed by atoms with Gasteiger partial charge in [-0.3, -0.25) is 4.90 Å². The highest BCUT2D eigenvalue weighted by Gasteiger charge is 2.35. The molecule has 8 rings (SSSR count). The van der Waals surface area contributed by atoms with E-state index >= 15 is 0 Å². The molecule has 0 aliphatic carbocycles. The number of benzene rings is 5. The predicted molar refractivity (Wildman–Crippen MR) is 236 cm³/mol. The Labute approximate surface area is 346 Å². The van der Waals surface area contributed by atoms with Crippen LogP contribution in [0.5, 0.6) is 11.5 Å². The van der Waals surface area contributed by atoms with Crippen molar-refractivity contribution in [2.24, 2.45) is 0 Å². The number of halogens is 3.